The molecule has 2 aromatic carbocycles. The monoisotopic (exact) mass is 349 g/mol. The Morgan fingerprint density at radius 2 is 2.00 bits per heavy atom. The van der Waals surface area contributed by atoms with Gasteiger partial charge in [-0.3, -0.25) is 9.69 Å². The van der Waals surface area contributed by atoms with Gasteiger partial charge < -0.3 is 10.2 Å². The molecule has 0 bridgehead atoms. The van der Waals surface area contributed by atoms with E-state index in [2.05, 4.69) is 0 Å². The van der Waals surface area contributed by atoms with Gasteiger partial charge in [-0.1, -0.05) is 29.8 Å². The maximum absolute atomic E-state index is 12.5. The Kier molecular flexibility index (Phi) is 4.27. The molecule has 1 atom stereocenters. The van der Waals surface area contributed by atoms with E-state index in [9.17, 15) is 15.0 Å². The maximum atomic E-state index is 12.5. The number of anilines is 1. The molecule has 1 heterocycles. The number of halogens is 1. The third kappa shape index (κ3) is 2.69. The molecule has 1 unspecified atom stereocenters. The molecule has 0 aliphatic carbocycles. The average Bonchev–Trinajstić information content (AvgIpc) is 2.86. The molecular formula is C17H16ClNO3S. The summed E-state index contributed by atoms with van der Waals surface area (Å²) < 4.78 is 0. The topological polar surface area (TPSA) is 60.8 Å². The molecule has 3 rings (SSSR count). The highest BCUT2D eigenvalue weighted by molar-refractivity contribution is 8.01. The molecule has 0 aromatic heterocycles. The Bertz CT molecular complexity index is 753. The molecule has 1 amide bonds. The lowest BCUT2D eigenvalue weighted by Crippen LogP contribution is -2.40. The highest BCUT2D eigenvalue weighted by atomic mass is 35.5. The number of nitrogens with zero attached hydrogens (tertiary/aromatic N) is 1. The largest absolute Gasteiger partial charge is 0.507 e. The number of para-hydroxylation sites is 1. The number of amides is 1. The minimum absolute atomic E-state index is 0.0254. The molecule has 23 heavy (non-hydrogen) atoms. The lowest BCUT2D eigenvalue weighted by Gasteiger charge is -2.35. The van der Waals surface area contributed by atoms with Crippen LogP contribution >= 0.6 is 23.4 Å². The number of benzene rings is 2. The zero-order valence-corrected chi connectivity index (χ0v) is 14.1. The quantitative estimate of drug-likeness (QED) is 0.890. The lowest BCUT2D eigenvalue weighted by atomic mass is 10.0. The summed E-state index contributed by atoms with van der Waals surface area (Å²) in [4.78, 5) is 13.3. The first-order valence-electron chi connectivity index (χ1n) is 7.12. The van der Waals surface area contributed by atoms with Crippen LogP contribution in [-0.2, 0) is 16.3 Å². The summed E-state index contributed by atoms with van der Waals surface area (Å²) in [5, 5.41) is 20.4. The fraction of sp³-hybridized carbons (Fsp3) is 0.235. The van der Waals surface area contributed by atoms with Crippen molar-refractivity contribution in [2.45, 2.75) is 18.4 Å². The van der Waals surface area contributed by atoms with Gasteiger partial charge in [0.1, 0.15) is 10.6 Å². The molecule has 1 aliphatic rings. The minimum Gasteiger partial charge on any atom is -0.507 e. The molecule has 1 aliphatic heterocycles. The second-order valence-corrected chi connectivity index (χ2v) is 7.26. The molecule has 0 radical (unpaired) electrons. The van der Waals surface area contributed by atoms with Gasteiger partial charge in [-0.15, -0.1) is 11.8 Å². The minimum atomic E-state index is -0.794. The van der Waals surface area contributed by atoms with E-state index in [1.54, 1.807) is 11.0 Å². The van der Waals surface area contributed by atoms with Crippen LogP contribution in [0.15, 0.2) is 42.5 Å². The van der Waals surface area contributed by atoms with Crippen LogP contribution in [0.3, 0.4) is 0 Å². The summed E-state index contributed by atoms with van der Waals surface area (Å²) in [5.41, 5.74) is 1.63. The van der Waals surface area contributed by atoms with Gasteiger partial charge in [-0.25, -0.2) is 0 Å². The van der Waals surface area contributed by atoms with Crippen molar-refractivity contribution in [2.75, 3.05) is 10.7 Å². The normalized spacial score (nSPS) is 21.0. The first kappa shape index (κ1) is 16.2. The van der Waals surface area contributed by atoms with E-state index in [1.807, 2.05) is 37.3 Å². The van der Waals surface area contributed by atoms with Crippen molar-refractivity contribution < 1.29 is 15.0 Å². The van der Waals surface area contributed by atoms with Gasteiger partial charge in [-0.05, 0) is 31.2 Å². The van der Waals surface area contributed by atoms with Crippen molar-refractivity contribution in [2.24, 2.45) is 0 Å². The van der Waals surface area contributed by atoms with Gasteiger partial charge in [0.05, 0.1) is 12.4 Å². The van der Waals surface area contributed by atoms with Crippen LogP contribution in [-0.4, -0.2) is 21.9 Å². The van der Waals surface area contributed by atoms with Gasteiger partial charge in [0.2, 0.25) is 5.91 Å². The highest BCUT2D eigenvalue weighted by Gasteiger charge is 2.46. The number of aliphatic hydroxyl groups excluding tert-OH is 1. The number of phenols is 1. The standard InChI is InChI=1S/C17H16ClNO3S/c1-17(14-8-12(18)7-11(9-20)16(14)22)19(15(21)10-23-17)13-5-3-2-4-6-13/h2-8,20,22H,9-10H2,1H3. The Labute approximate surface area is 143 Å². The summed E-state index contributed by atoms with van der Waals surface area (Å²) in [7, 11) is 0. The number of thioether (sulfide) groups is 1. The number of aromatic hydroxyl groups is 1. The number of hydrogen-bond acceptors (Lipinski definition) is 4. The second kappa shape index (κ2) is 6.07. The summed E-state index contributed by atoms with van der Waals surface area (Å²) in [5.74, 6) is 0.252. The number of carbonyl (C=O) groups is 1. The van der Waals surface area contributed by atoms with E-state index in [-0.39, 0.29) is 18.3 Å². The molecule has 4 nitrogen and oxygen atoms in total. The molecule has 0 spiro atoms. The van der Waals surface area contributed by atoms with E-state index < -0.39 is 4.87 Å². The van der Waals surface area contributed by atoms with Crippen molar-refractivity contribution in [3.8, 4) is 5.75 Å². The average molecular weight is 350 g/mol. The Balaban J connectivity index is 2.17. The van der Waals surface area contributed by atoms with Gasteiger partial charge >= 0.3 is 0 Å². The Morgan fingerprint density at radius 1 is 1.30 bits per heavy atom. The number of carbonyl (C=O) groups excluding carboxylic acids is 1. The van der Waals surface area contributed by atoms with Crippen molar-refractivity contribution >= 4 is 35.0 Å². The van der Waals surface area contributed by atoms with Gasteiger partial charge in [-0.2, -0.15) is 0 Å². The smallest absolute Gasteiger partial charge is 0.238 e. The molecule has 0 saturated carbocycles. The maximum Gasteiger partial charge on any atom is 0.238 e. The van der Waals surface area contributed by atoms with Crippen LogP contribution in [0.2, 0.25) is 5.02 Å². The van der Waals surface area contributed by atoms with E-state index >= 15 is 0 Å². The molecule has 120 valence electrons. The zero-order valence-electron chi connectivity index (χ0n) is 12.5. The Morgan fingerprint density at radius 3 is 2.65 bits per heavy atom. The van der Waals surface area contributed by atoms with Crippen molar-refractivity contribution in [1.82, 2.24) is 0 Å². The van der Waals surface area contributed by atoms with E-state index in [0.717, 1.165) is 5.69 Å². The predicted molar refractivity (Wildman–Crippen MR) is 92.8 cm³/mol. The first-order chi connectivity index (χ1) is 11.0. The van der Waals surface area contributed by atoms with Gasteiger partial charge in [0, 0.05) is 21.8 Å². The molecule has 6 heteroatoms. The summed E-state index contributed by atoms with van der Waals surface area (Å²) >= 11 is 7.56. The van der Waals surface area contributed by atoms with Crippen molar-refractivity contribution in [3.63, 3.8) is 0 Å². The first-order valence-corrected chi connectivity index (χ1v) is 8.48. The van der Waals surface area contributed by atoms with Gasteiger partial charge in [0.25, 0.3) is 0 Å². The summed E-state index contributed by atoms with van der Waals surface area (Å²) in [6, 6.07) is 12.5. The fourth-order valence-corrected chi connectivity index (χ4v) is 4.29. The number of hydrogen-bond donors (Lipinski definition) is 2. The SMILES string of the molecule is CC1(c2cc(Cl)cc(CO)c2O)SCC(=O)N1c1ccccc1. The number of aliphatic hydroxyl groups is 1. The fourth-order valence-electron chi connectivity index (χ4n) is 2.86. The number of rotatable bonds is 3. The van der Waals surface area contributed by atoms with E-state index in [1.165, 1.54) is 17.8 Å². The predicted octanol–water partition coefficient (Wildman–Crippen LogP) is 3.49. The lowest BCUT2D eigenvalue weighted by molar-refractivity contribution is -0.116. The zero-order chi connectivity index (χ0) is 16.6. The van der Waals surface area contributed by atoms with Gasteiger partial charge in [0.15, 0.2) is 0 Å². The van der Waals surface area contributed by atoms with Crippen LogP contribution in [0.25, 0.3) is 0 Å². The molecule has 1 saturated heterocycles. The van der Waals surface area contributed by atoms with Crippen LogP contribution in [0, 0.1) is 0 Å². The Hall–Kier alpha value is -1.69. The third-order valence-electron chi connectivity index (χ3n) is 3.99. The molecule has 2 aromatic rings. The van der Waals surface area contributed by atoms with Crippen LogP contribution in [0.5, 0.6) is 5.75 Å². The van der Waals surface area contributed by atoms with E-state index in [4.69, 9.17) is 11.6 Å². The highest BCUT2D eigenvalue weighted by Crippen LogP contribution is 2.51. The van der Waals surface area contributed by atoms with Crippen molar-refractivity contribution in [1.29, 1.82) is 0 Å². The van der Waals surface area contributed by atoms with Crippen molar-refractivity contribution in [3.05, 3.63) is 58.6 Å². The molecule has 1 fully saturated rings. The summed E-state index contributed by atoms with van der Waals surface area (Å²) in [6.45, 7) is 1.56. The second-order valence-electron chi connectivity index (χ2n) is 5.46. The molecule has 2 N–H and O–H groups in total. The third-order valence-corrected chi connectivity index (χ3v) is 5.57. The van der Waals surface area contributed by atoms with Crippen LogP contribution in [0.4, 0.5) is 5.69 Å². The summed E-state index contributed by atoms with van der Waals surface area (Å²) in [6.07, 6.45) is 0. The van der Waals surface area contributed by atoms with E-state index in [0.29, 0.717) is 21.9 Å². The van der Waals surface area contributed by atoms with Crippen LogP contribution < -0.4 is 4.90 Å². The van der Waals surface area contributed by atoms with Crippen LogP contribution in [0.1, 0.15) is 18.1 Å². The molecular weight excluding hydrogens is 334 g/mol.